The Morgan fingerprint density at radius 3 is 2.36 bits per heavy atom. The van der Waals surface area contributed by atoms with Gasteiger partial charge in [-0.1, -0.05) is 12.1 Å². The number of nitrogens with one attached hydrogen (secondary N) is 2. The van der Waals surface area contributed by atoms with Crippen LogP contribution in [0, 0.1) is 0 Å². The maximum atomic E-state index is 11.8. The molecule has 2 aromatic rings. The Hall–Kier alpha value is -1.55. The predicted octanol–water partition coefficient (Wildman–Crippen LogP) is 3.75. The predicted molar refractivity (Wildman–Crippen MR) is 129 cm³/mol. The van der Waals surface area contributed by atoms with Gasteiger partial charge in [0.05, 0.1) is 13.1 Å². The summed E-state index contributed by atoms with van der Waals surface area (Å²) in [6.45, 7) is 6.71. The summed E-state index contributed by atoms with van der Waals surface area (Å²) < 4.78 is 3.17. The Morgan fingerprint density at radius 2 is 1.82 bits per heavy atom. The molecule has 154 valence electrons. The molecule has 0 aliphatic heterocycles. The second-order valence-electron chi connectivity index (χ2n) is 6.34. The average molecular weight is 562 g/mol. The van der Waals surface area contributed by atoms with Crippen LogP contribution >= 0.6 is 39.9 Å². The number of hydrogen-bond acceptors (Lipinski definition) is 2. The maximum absolute atomic E-state index is 11.8. The third-order valence-electron chi connectivity index (χ3n) is 4.14. The summed E-state index contributed by atoms with van der Waals surface area (Å²) in [6.07, 6.45) is 2.05. The summed E-state index contributed by atoms with van der Waals surface area (Å²) in [5.74, 6) is 0.803. The van der Waals surface area contributed by atoms with E-state index >= 15 is 0 Å². The molecule has 1 aromatic carbocycles. The second kappa shape index (κ2) is 12.1. The van der Waals surface area contributed by atoms with Gasteiger partial charge in [-0.2, -0.15) is 0 Å². The number of rotatable bonds is 7. The molecule has 0 unspecified atom stereocenters. The molecule has 0 saturated carbocycles. The normalized spacial score (nSPS) is 11.0. The Balaban J connectivity index is 0.00000392. The molecule has 1 heterocycles. The lowest BCUT2D eigenvalue weighted by Gasteiger charge is -2.22. The molecule has 6 nitrogen and oxygen atoms in total. The van der Waals surface area contributed by atoms with E-state index in [1.807, 2.05) is 51.5 Å². The van der Waals surface area contributed by atoms with Crippen LogP contribution in [0.4, 0.5) is 0 Å². The summed E-state index contributed by atoms with van der Waals surface area (Å²) >= 11 is 3.51. The summed E-state index contributed by atoms with van der Waals surface area (Å²) in [5, 5.41) is 6.14. The van der Waals surface area contributed by atoms with Gasteiger partial charge < -0.3 is 20.1 Å². The van der Waals surface area contributed by atoms with E-state index in [0.29, 0.717) is 18.7 Å². The smallest absolute Gasteiger partial charge is 0.251 e. The molecule has 0 aliphatic carbocycles. The van der Waals surface area contributed by atoms with Gasteiger partial charge in [-0.25, -0.2) is 4.99 Å². The van der Waals surface area contributed by atoms with E-state index < -0.39 is 0 Å². The summed E-state index contributed by atoms with van der Waals surface area (Å²) in [4.78, 5) is 18.7. The van der Waals surface area contributed by atoms with Crippen LogP contribution in [-0.2, 0) is 20.1 Å². The molecule has 28 heavy (non-hydrogen) atoms. The SMILES string of the molecule is CCNC(=O)c1ccc(CN=C(NCC)N(C)Cc2cc(Br)cn2C)cc1.I. The zero-order valence-corrected chi connectivity index (χ0v) is 20.7. The molecule has 0 atom stereocenters. The van der Waals surface area contributed by atoms with Crippen molar-refractivity contribution < 1.29 is 4.79 Å². The lowest BCUT2D eigenvalue weighted by Crippen LogP contribution is -2.38. The van der Waals surface area contributed by atoms with Gasteiger partial charge in [0, 0.05) is 49.1 Å². The fourth-order valence-corrected chi connectivity index (χ4v) is 3.27. The van der Waals surface area contributed by atoms with E-state index in [1.54, 1.807) is 0 Å². The quantitative estimate of drug-likeness (QED) is 0.307. The summed E-state index contributed by atoms with van der Waals surface area (Å²) in [7, 11) is 4.06. The van der Waals surface area contributed by atoms with Crippen molar-refractivity contribution in [1.29, 1.82) is 0 Å². The van der Waals surface area contributed by atoms with Gasteiger partial charge in [-0.15, -0.1) is 24.0 Å². The van der Waals surface area contributed by atoms with E-state index in [1.165, 1.54) is 5.69 Å². The van der Waals surface area contributed by atoms with Crippen molar-refractivity contribution in [2.24, 2.45) is 12.0 Å². The first kappa shape index (κ1) is 24.5. The fraction of sp³-hybridized carbons (Fsp3) is 0.400. The molecular weight excluding hydrogens is 533 g/mol. The first-order valence-corrected chi connectivity index (χ1v) is 9.91. The van der Waals surface area contributed by atoms with Crippen LogP contribution in [0.2, 0.25) is 0 Å². The van der Waals surface area contributed by atoms with Crippen molar-refractivity contribution in [3.63, 3.8) is 0 Å². The molecule has 0 aliphatic rings. The van der Waals surface area contributed by atoms with Gasteiger partial charge in [0.25, 0.3) is 5.91 Å². The monoisotopic (exact) mass is 561 g/mol. The third-order valence-corrected chi connectivity index (χ3v) is 4.57. The van der Waals surface area contributed by atoms with Crippen LogP contribution in [-0.4, -0.2) is 41.5 Å². The number of nitrogens with zero attached hydrogens (tertiary/aromatic N) is 3. The lowest BCUT2D eigenvalue weighted by molar-refractivity contribution is 0.0956. The Labute approximate surface area is 192 Å². The Kier molecular flexibility index (Phi) is 10.6. The van der Waals surface area contributed by atoms with Crippen molar-refractivity contribution in [1.82, 2.24) is 20.1 Å². The number of guanidine groups is 1. The topological polar surface area (TPSA) is 61.7 Å². The van der Waals surface area contributed by atoms with Gasteiger partial charge in [-0.3, -0.25) is 4.79 Å². The van der Waals surface area contributed by atoms with Crippen molar-refractivity contribution in [2.45, 2.75) is 26.9 Å². The molecule has 0 fully saturated rings. The number of hydrogen-bond donors (Lipinski definition) is 2. The molecule has 1 aromatic heterocycles. The largest absolute Gasteiger partial charge is 0.357 e. The number of carbonyl (C=O) groups is 1. The Bertz CT molecular complexity index is 788. The Morgan fingerprint density at radius 1 is 1.18 bits per heavy atom. The van der Waals surface area contributed by atoms with Crippen LogP contribution in [0.15, 0.2) is 46.0 Å². The number of amides is 1. The van der Waals surface area contributed by atoms with Crippen LogP contribution in [0.5, 0.6) is 0 Å². The van der Waals surface area contributed by atoms with Crippen molar-refractivity contribution in [3.8, 4) is 0 Å². The minimum atomic E-state index is -0.0469. The molecule has 2 rings (SSSR count). The van der Waals surface area contributed by atoms with Crippen molar-refractivity contribution >= 4 is 51.8 Å². The number of carbonyl (C=O) groups excluding carboxylic acids is 1. The van der Waals surface area contributed by atoms with E-state index in [2.05, 4.69) is 49.0 Å². The van der Waals surface area contributed by atoms with E-state index in [4.69, 9.17) is 4.99 Å². The lowest BCUT2D eigenvalue weighted by atomic mass is 10.1. The molecule has 2 N–H and O–H groups in total. The number of halogens is 2. The number of aromatic nitrogens is 1. The molecule has 0 spiro atoms. The zero-order valence-electron chi connectivity index (χ0n) is 16.8. The highest BCUT2D eigenvalue weighted by Crippen LogP contribution is 2.15. The van der Waals surface area contributed by atoms with E-state index in [-0.39, 0.29) is 29.9 Å². The van der Waals surface area contributed by atoms with Crippen LogP contribution in [0.3, 0.4) is 0 Å². The van der Waals surface area contributed by atoms with Gasteiger partial charge >= 0.3 is 0 Å². The van der Waals surface area contributed by atoms with E-state index in [9.17, 15) is 4.79 Å². The highest BCUT2D eigenvalue weighted by Gasteiger charge is 2.10. The standard InChI is InChI=1S/C20H28BrN5O.HI/c1-5-22-19(27)16-9-7-15(8-10-16)12-24-20(23-6-2)26(4)14-18-11-17(21)13-25(18)3;/h7-11,13H,5-6,12,14H2,1-4H3,(H,22,27)(H,23,24);1H. The van der Waals surface area contributed by atoms with Crippen LogP contribution < -0.4 is 10.6 Å². The van der Waals surface area contributed by atoms with Crippen LogP contribution in [0.1, 0.15) is 35.5 Å². The van der Waals surface area contributed by atoms with Gasteiger partial charge in [0.2, 0.25) is 0 Å². The number of aliphatic imine (C=N–C) groups is 1. The fourth-order valence-electron chi connectivity index (χ4n) is 2.70. The highest BCUT2D eigenvalue weighted by molar-refractivity contribution is 14.0. The van der Waals surface area contributed by atoms with Gasteiger partial charge in [0.1, 0.15) is 0 Å². The van der Waals surface area contributed by atoms with Crippen molar-refractivity contribution in [2.75, 3.05) is 20.1 Å². The number of aryl methyl sites for hydroxylation is 1. The molecule has 0 radical (unpaired) electrons. The van der Waals surface area contributed by atoms with Crippen LogP contribution in [0.25, 0.3) is 0 Å². The zero-order chi connectivity index (χ0) is 19.8. The van der Waals surface area contributed by atoms with Gasteiger partial charge in [-0.05, 0) is 53.5 Å². The van der Waals surface area contributed by atoms with Gasteiger partial charge in [0.15, 0.2) is 5.96 Å². The average Bonchev–Trinajstić information content (AvgIpc) is 2.96. The van der Waals surface area contributed by atoms with Crippen molar-refractivity contribution in [3.05, 3.63) is 57.8 Å². The first-order chi connectivity index (χ1) is 12.9. The molecule has 8 heteroatoms. The minimum Gasteiger partial charge on any atom is -0.357 e. The summed E-state index contributed by atoms with van der Waals surface area (Å²) in [6, 6.07) is 9.69. The second-order valence-corrected chi connectivity index (χ2v) is 7.26. The molecule has 0 saturated heterocycles. The number of benzene rings is 1. The molecule has 0 bridgehead atoms. The first-order valence-electron chi connectivity index (χ1n) is 9.11. The third kappa shape index (κ3) is 7.12. The maximum Gasteiger partial charge on any atom is 0.251 e. The molecule has 1 amide bonds. The minimum absolute atomic E-state index is 0. The molecular formula is C20H29BrIN5O. The summed E-state index contributed by atoms with van der Waals surface area (Å²) in [5.41, 5.74) is 2.93. The van der Waals surface area contributed by atoms with E-state index in [0.717, 1.165) is 29.1 Å². The highest BCUT2D eigenvalue weighted by atomic mass is 127.